The van der Waals surface area contributed by atoms with Crippen LogP contribution in [0.4, 0.5) is 0 Å². The molecule has 0 radical (unpaired) electrons. The summed E-state index contributed by atoms with van der Waals surface area (Å²) >= 11 is 0. The van der Waals surface area contributed by atoms with E-state index < -0.39 is 24.5 Å². The van der Waals surface area contributed by atoms with Gasteiger partial charge in [0.05, 0.1) is 6.42 Å². The first-order valence-electron chi connectivity index (χ1n) is 9.76. The molecule has 0 amide bonds. The van der Waals surface area contributed by atoms with Crippen molar-refractivity contribution in [3.05, 3.63) is 54.6 Å². The maximum absolute atomic E-state index is 12.2. The van der Waals surface area contributed by atoms with Gasteiger partial charge in [-0.1, -0.05) is 49.4 Å². The average molecular weight is 396 g/mol. The van der Waals surface area contributed by atoms with Crippen LogP contribution >= 0.6 is 0 Å². The minimum absolute atomic E-state index is 0.0827. The van der Waals surface area contributed by atoms with Gasteiger partial charge in [-0.25, -0.2) is 9.59 Å². The van der Waals surface area contributed by atoms with Gasteiger partial charge in [-0.3, -0.25) is 4.79 Å². The molecule has 0 aromatic heterocycles. The summed E-state index contributed by atoms with van der Waals surface area (Å²) in [6.45, 7) is 3.07. The van der Waals surface area contributed by atoms with Crippen molar-refractivity contribution in [1.29, 1.82) is 0 Å². The van der Waals surface area contributed by atoms with Crippen LogP contribution in [0.2, 0.25) is 0 Å². The summed E-state index contributed by atoms with van der Waals surface area (Å²) in [4.78, 5) is 36.0. The number of hydrogen-bond donors (Lipinski definition) is 0. The highest BCUT2D eigenvalue weighted by molar-refractivity contribution is 5.96. The molecular formula is C23H24O6. The van der Waals surface area contributed by atoms with Crippen molar-refractivity contribution in [2.24, 2.45) is 0 Å². The van der Waals surface area contributed by atoms with Crippen molar-refractivity contribution in [1.82, 2.24) is 0 Å². The van der Waals surface area contributed by atoms with Gasteiger partial charge < -0.3 is 14.2 Å². The van der Waals surface area contributed by atoms with Crippen LogP contribution in [0.5, 0.6) is 5.75 Å². The molecule has 1 saturated carbocycles. The Balaban J connectivity index is 1.45. The fraction of sp³-hybridized carbons (Fsp3) is 0.348. The molecule has 6 nitrogen and oxygen atoms in total. The number of rotatable bonds is 7. The van der Waals surface area contributed by atoms with Crippen LogP contribution < -0.4 is 4.74 Å². The molecule has 0 bridgehead atoms. The Morgan fingerprint density at radius 2 is 1.66 bits per heavy atom. The molecule has 152 valence electrons. The molecule has 2 aromatic rings. The van der Waals surface area contributed by atoms with Crippen molar-refractivity contribution in [3.8, 4) is 5.75 Å². The monoisotopic (exact) mass is 396 g/mol. The molecule has 0 atom stereocenters. The molecule has 0 spiro atoms. The molecule has 1 fully saturated rings. The van der Waals surface area contributed by atoms with Crippen LogP contribution in [0, 0.1) is 0 Å². The van der Waals surface area contributed by atoms with Crippen LogP contribution in [0.3, 0.4) is 0 Å². The third kappa shape index (κ3) is 5.91. The smallest absolute Gasteiger partial charge is 0.344 e. The number of fused-ring (bicyclic) bond motifs is 1. The Bertz CT molecular complexity index is 905. The Morgan fingerprint density at radius 3 is 2.45 bits per heavy atom. The first-order chi connectivity index (χ1) is 14.0. The van der Waals surface area contributed by atoms with E-state index in [2.05, 4.69) is 6.58 Å². The highest BCUT2D eigenvalue weighted by Gasteiger charge is 2.20. The summed E-state index contributed by atoms with van der Waals surface area (Å²) in [5, 5.41) is 1.73. The van der Waals surface area contributed by atoms with E-state index in [1.165, 1.54) is 0 Å². The zero-order chi connectivity index (χ0) is 20.6. The Morgan fingerprint density at radius 1 is 0.931 bits per heavy atom. The van der Waals surface area contributed by atoms with Gasteiger partial charge in [0.1, 0.15) is 11.9 Å². The molecule has 6 heteroatoms. The quantitative estimate of drug-likeness (QED) is 0.398. The molecule has 2 aromatic carbocycles. The van der Waals surface area contributed by atoms with Crippen LogP contribution in [-0.2, 0) is 23.9 Å². The third-order valence-corrected chi connectivity index (χ3v) is 4.79. The minimum Gasteiger partial charge on any atom is -0.460 e. The zero-order valence-electron chi connectivity index (χ0n) is 16.2. The Labute approximate surface area is 169 Å². The topological polar surface area (TPSA) is 78.9 Å². The standard InChI is InChI=1S/C23H24O6/c1-16(23(26)27-15-22(25)28-18-10-3-2-4-11-18)14-21(24)29-20-13-7-9-17-8-5-6-12-19(17)20/h5-9,12-13,18H,1-4,10-11,14-15H2. The van der Waals surface area contributed by atoms with E-state index in [9.17, 15) is 14.4 Å². The van der Waals surface area contributed by atoms with E-state index in [0.717, 1.165) is 42.9 Å². The molecule has 3 rings (SSSR count). The van der Waals surface area contributed by atoms with E-state index in [1.807, 2.05) is 30.3 Å². The van der Waals surface area contributed by atoms with E-state index in [0.29, 0.717) is 5.75 Å². The van der Waals surface area contributed by atoms with E-state index >= 15 is 0 Å². The van der Waals surface area contributed by atoms with E-state index in [4.69, 9.17) is 14.2 Å². The van der Waals surface area contributed by atoms with Crippen LogP contribution in [0.1, 0.15) is 38.5 Å². The SMILES string of the molecule is C=C(CC(=O)Oc1cccc2ccccc12)C(=O)OCC(=O)OC1CCCCC1. The Hall–Kier alpha value is -3.15. The molecule has 0 N–H and O–H groups in total. The van der Waals surface area contributed by atoms with Gasteiger partial charge in [0.2, 0.25) is 0 Å². The van der Waals surface area contributed by atoms with Gasteiger partial charge in [0, 0.05) is 11.0 Å². The number of hydrogen-bond acceptors (Lipinski definition) is 6. The second-order valence-corrected chi connectivity index (χ2v) is 7.06. The molecule has 0 heterocycles. The van der Waals surface area contributed by atoms with Crippen molar-refractivity contribution in [2.45, 2.75) is 44.6 Å². The van der Waals surface area contributed by atoms with Gasteiger partial charge in [-0.05, 0) is 37.1 Å². The fourth-order valence-corrected chi connectivity index (χ4v) is 3.32. The lowest BCUT2D eigenvalue weighted by atomic mass is 9.98. The summed E-state index contributed by atoms with van der Waals surface area (Å²) in [6, 6.07) is 12.9. The first-order valence-corrected chi connectivity index (χ1v) is 9.76. The van der Waals surface area contributed by atoms with E-state index in [-0.39, 0.29) is 18.1 Å². The number of carbonyl (C=O) groups is 3. The second kappa shape index (κ2) is 9.87. The fourth-order valence-electron chi connectivity index (χ4n) is 3.32. The maximum atomic E-state index is 12.2. The summed E-state index contributed by atoms with van der Waals surface area (Å²) in [5.41, 5.74) is -0.0827. The summed E-state index contributed by atoms with van der Waals surface area (Å²) in [7, 11) is 0. The summed E-state index contributed by atoms with van der Waals surface area (Å²) in [6.07, 6.45) is 4.46. The van der Waals surface area contributed by atoms with Crippen molar-refractivity contribution in [3.63, 3.8) is 0 Å². The molecule has 1 aliphatic carbocycles. The van der Waals surface area contributed by atoms with Crippen molar-refractivity contribution >= 4 is 28.7 Å². The molecule has 1 aliphatic rings. The Kier molecular flexibility index (Phi) is 7.00. The zero-order valence-corrected chi connectivity index (χ0v) is 16.2. The largest absolute Gasteiger partial charge is 0.460 e. The van der Waals surface area contributed by atoms with Crippen molar-refractivity contribution in [2.75, 3.05) is 6.61 Å². The second-order valence-electron chi connectivity index (χ2n) is 7.06. The van der Waals surface area contributed by atoms with Crippen LogP contribution in [0.25, 0.3) is 10.8 Å². The van der Waals surface area contributed by atoms with Crippen LogP contribution in [0.15, 0.2) is 54.6 Å². The average Bonchev–Trinajstić information content (AvgIpc) is 2.73. The lowest BCUT2D eigenvalue weighted by Gasteiger charge is -2.21. The lowest BCUT2D eigenvalue weighted by molar-refractivity contribution is -0.161. The number of ether oxygens (including phenoxy) is 3. The number of benzene rings is 2. The van der Waals surface area contributed by atoms with Gasteiger partial charge >= 0.3 is 17.9 Å². The predicted octanol–water partition coefficient (Wildman–Crippen LogP) is 4.11. The number of esters is 3. The van der Waals surface area contributed by atoms with Gasteiger partial charge in [-0.15, -0.1) is 0 Å². The lowest BCUT2D eigenvalue weighted by Crippen LogP contribution is -2.25. The summed E-state index contributed by atoms with van der Waals surface area (Å²) in [5.74, 6) is -1.63. The molecule has 0 unspecified atom stereocenters. The third-order valence-electron chi connectivity index (χ3n) is 4.79. The van der Waals surface area contributed by atoms with Crippen LogP contribution in [-0.4, -0.2) is 30.6 Å². The maximum Gasteiger partial charge on any atom is 0.344 e. The molecule has 0 saturated heterocycles. The first kappa shape index (κ1) is 20.6. The highest BCUT2D eigenvalue weighted by Crippen LogP contribution is 2.25. The predicted molar refractivity (Wildman–Crippen MR) is 107 cm³/mol. The summed E-state index contributed by atoms with van der Waals surface area (Å²) < 4.78 is 15.6. The van der Waals surface area contributed by atoms with Gasteiger partial charge in [0.15, 0.2) is 6.61 Å². The molecular weight excluding hydrogens is 372 g/mol. The molecule has 29 heavy (non-hydrogen) atoms. The highest BCUT2D eigenvalue weighted by atomic mass is 16.6. The number of carbonyl (C=O) groups excluding carboxylic acids is 3. The van der Waals surface area contributed by atoms with Gasteiger partial charge in [-0.2, -0.15) is 0 Å². The minimum atomic E-state index is -0.819. The molecule has 0 aliphatic heterocycles. The van der Waals surface area contributed by atoms with Gasteiger partial charge in [0.25, 0.3) is 0 Å². The van der Waals surface area contributed by atoms with Crippen molar-refractivity contribution < 1.29 is 28.6 Å². The van der Waals surface area contributed by atoms with E-state index in [1.54, 1.807) is 12.1 Å². The normalized spacial score (nSPS) is 14.2.